The van der Waals surface area contributed by atoms with E-state index in [-0.39, 0.29) is 23.9 Å². The monoisotopic (exact) mass is 404 g/mol. The quantitative estimate of drug-likeness (QED) is 0.750. The lowest BCUT2D eigenvalue weighted by Crippen LogP contribution is -2.50. The highest BCUT2D eigenvalue weighted by molar-refractivity contribution is 6.06. The summed E-state index contributed by atoms with van der Waals surface area (Å²) in [4.78, 5) is 38.0. The molecule has 1 saturated heterocycles. The van der Waals surface area contributed by atoms with Crippen LogP contribution in [0.4, 0.5) is 4.39 Å². The Kier molecular flexibility index (Phi) is 6.32. The van der Waals surface area contributed by atoms with Crippen LogP contribution < -0.4 is 5.56 Å². The highest BCUT2D eigenvalue weighted by Gasteiger charge is 2.46. The Morgan fingerprint density at radius 1 is 1.34 bits per heavy atom. The molecule has 2 atom stereocenters. The van der Waals surface area contributed by atoms with E-state index in [2.05, 4.69) is 4.98 Å². The number of fused-ring (bicyclic) bond motifs is 1. The number of carboxylic acid groups (broad SMARTS) is 1. The number of likely N-dealkylation sites (tertiary alicyclic amines) is 1. The third kappa shape index (κ3) is 4.17. The van der Waals surface area contributed by atoms with Crippen molar-refractivity contribution in [3.63, 3.8) is 0 Å². The van der Waals surface area contributed by atoms with Crippen LogP contribution >= 0.6 is 0 Å². The molecule has 1 aromatic heterocycles. The Balaban J connectivity index is 0.000000755. The van der Waals surface area contributed by atoms with Gasteiger partial charge in [0.25, 0.3) is 12.4 Å². The standard InChI is InChI=1S/C20H23FN2O3.CH2O2/c1-26-17-4-2-7-20(17)8-3-9-23(12-20)19(25)15-11-18(24)22-16-10-13(21)5-6-14(15)16;2-1-3/h5-6,10-11,17H,2-4,7-9,12H2,1H3,(H,22,24);1H,(H,2,3)/t17-,20-;/m1./s1. The molecule has 1 spiro atoms. The Morgan fingerprint density at radius 2 is 2.07 bits per heavy atom. The van der Waals surface area contributed by atoms with Crippen molar-refractivity contribution in [2.24, 2.45) is 5.41 Å². The number of aromatic amines is 1. The molecule has 1 amide bonds. The van der Waals surface area contributed by atoms with Gasteiger partial charge in [0.1, 0.15) is 5.82 Å². The minimum absolute atomic E-state index is 0.0196. The smallest absolute Gasteiger partial charge is 0.290 e. The van der Waals surface area contributed by atoms with E-state index < -0.39 is 11.4 Å². The molecule has 1 aromatic carbocycles. The number of pyridine rings is 1. The third-order valence-electron chi connectivity index (χ3n) is 6.04. The number of H-pyrrole nitrogens is 1. The maximum atomic E-state index is 13.5. The molecule has 1 aliphatic carbocycles. The van der Waals surface area contributed by atoms with Crippen LogP contribution in [0.1, 0.15) is 42.5 Å². The summed E-state index contributed by atoms with van der Waals surface area (Å²) in [6.45, 7) is 1.08. The van der Waals surface area contributed by atoms with Crippen molar-refractivity contribution in [1.29, 1.82) is 0 Å². The van der Waals surface area contributed by atoms with Gasteiger partial charge in [-0.15, -0.1) is 0 Å². The second-order valence-electron chi connectivity index (χ2n) is 7.65. The molecule has 1 saturated carbocycles. The molecule has 2 N–H and O–H groups in total. The van der Waals surface area contributed by atoms with Crippen molar-refractivity contribution in [3.05, 3.63) is 46.0 Å². The summed E-state index contributed by atoms with van der Waals surface area (Å²) in [5.74, 6) is -0.600. The predicted molar refractivity (Wildman–Crippen MR) is 105 cm³/mol. The van der Waals surface area contributed by atoms with Gasteiger partial charge in [0.05, 0.1) is 17.2 Å². The average molecular weight is 404 g/mol. The maximum absolute atomic E-state index is 13.5. The Morgan fingerprint density at radius 3 is 2.79 bits per heavy atom. The molecular formula is C21H25FN2O5. The fourth-order valence-electron chi connectivity index (χ4n) is 4.85. The second-order valence-corrected chi connectivity index (χ2v) is 7.65. The first-order valence-corrected chi connectivity index (χ1v) is 9.66. The van der Waals surface area contributed by atoms with Crippen molar-refractivity contribution >= 4 is 23.3 Å². The van der Waals surface area contributed by atoms with Crippen molar-refractivity contribution < 1.29 is 23.8 Å². The Hall–Kier alpha value is -2.74. The second kappa shape index (κ2) is 8.73. The molecule has 29 heavy (non-hydrogen) atoms. The van der Waals surface area contributed by atoms with E-state index in [0.29, 0.717) is 29.6 Å². The van der Waals surface area contributed by atoms with E-state index in [1.165, 1.54) is 18.2 Å². The summed E-state index contributed by atoms with van der Waals surface area (Å²) in [6.07, 6.45) is 5.40. The number of aromatic nitrogens is 1. The summed E-state index contributed by atoms with van der Waals surface area (Å²) in [7, 11) is 1.75. The van der Waals surface area contributed by atoms with Crippen molar-refractivity contribution in [2.75, 3.05) is 20.2 Å². The van der Waals surface area contributed by atoms with E-state index in [4.69, 9.17) is 14.6 Å². The molecule has 0 radical (unpaired) electrons. The number of benzene rings is 1. The first-order valence-electron chi connectivity index (χ1n) is 9.66. The van der Waals surface area contributed by atoms with Gasteiger partial charge in [-0.25, -0.2) is 4.39 Å². The number of methoxy groups -OCH3 is 1. The molecule has 156 valence electrons. The minimum Gasteiger partial charge on any atom is -0.483 e. The van der Waals surface area contributed by atoms with Crippen molar-refractivity contribution in [1.82, 2.24) is 9.88 Å². The first-order chi connectivity index (χ1) is 13.9. The summed E-state index contributed by atoms with van der Waals surface area (Å²) in [5.41, 5.74) is 0.316. The summed E-state index contributed by atoms with van der Waals surface area (Å²) >= 11 is 0. The van der Waals surface area contributed by atoms with Gasteiger partial charge in [-0.3, -0.25) is 14.4 Å². The van der Waals surface area contributed by atoms with Gasteiger partial charge < -0.3 is 19.7 Å². The lowest BCUT2D eigenvalue weighted by atomic mass is 9.76. The molecule has 0 unspecified atom stereocenters. The van der Waals surface area contributed by atoms with E-state index in [1.54, 1.807) is 13.2 Å². The number of carbonyl (C=O) groups is 2. The maximum Gasteiger partial charge on any atom is 0.290 e. The van der Waals surface area contributed by atoms with E-state index in [1.807, 2.05) is 4.90 Å². The number of hydrogen-bond donors (Lipinski definition) is 2. The van der Waals surface area contributed by atoms with Crippen molar-refractivity contribution in [2.45, 2.75) is 38.2 Å². The van der Waals surface area contributed by atoms with Crippen LogP contribution in [0, 0.1) is 11.2 Å². The first kappa shape index (κ1) is 21.0. The number of rotatable bonds is 2. The molecule has 2 fully saturated rings. The lowest BCUT2D eigenvalue weighted by Gasteiger charge is -2.43. The van der Waals surface area contributed by atoms with Crippen LogP contribution in [0.5, 0.6) is 0 Å². The fraction of sp³-hybridized carbons (Fsp3) is 0.476. The van der Waals surface area contributed by atoms with Gasteiger partial charge in [0, 0.05) is 37.1 Å². The van der Waals surface area contributed by atoms with E-state index in [9.17, 15) is 14.0 Å². The van der Waals surface area contributed by atoms with Gasteiger partial charge in [0.2, 0.25) is 5.56 Å². The van der Waals surface area contributed by atoms with Crippen LogP contribution in [0.25, 0.3) is 10.9 Å². The van der Waals surface area contributed by atoms with Crippen LogP contribution in [0.3, 0.4) is 0 Å². The number of nitrogens with zero attached hydrogens (tertiary/aromatic N) is 1. The number of amides is 1. The summed E-state index contributed by atoms with van der Waals surface area (Å²) < 4.78 is 19.2. The van der Waals surface area contributed by atoms with Crippen LogP contribution in [-0.2, 0) is 9.53 Å². The number of ether oxygens (including phenoxy) is 1. The largest absolute Gasteiger partial charge is 0.483 e. The third-order valence-corrected chi connectivity index (χ3v) is 6.04. The molecular weight excluding hydrogens is 379 g/mol. The highest BCUT2D eigenvalue weighted by atomic mass is 19.1. The number of piperidine rings is 1. The fourth-order valence-corrected chi connectivity index (χ4v) is 4.85. The Labute approximate surface area is 167 Å². The molecule has 2 heterocycles. The molecule has 2 aliphatic rings. The molecule has 0 bridgehead atoms. The van der Waals surface area contributed by atoms with Crippen molar-refractivity contribution in [3.8, 4) is 0 Å². The van der Waals surface area contributed by atoms with Gasteiger partial charge in [-0.1, -0.05) is 6.42 Å². The normalized spacial score (nSPS) is 23.7. The number of carbonyl (C=O) groups excluding carboxylic acids is 1. The Bertz CT molecular complexity index is 960. The summed E-state index contributed by atoms with van der Waals surface area (Å²) in [6, 6.07) is 5.45. The average Bonchev–Trinajstić information content (AvgIpc) is 3.08. The molecule has 1 aliphatic heterocycles. The van der Waals surface area contributed by atoms with Gasteiger partial charge in [0.15, 0.2) is 0 Å². The SMILES string of the molecule is CO[C@@H]1CCC[C@]12CCCN(C(=O)c1cc(=O)[nH]c3cc(F)ccc13)C2.O=CO. The van der Waals surface area contributed by atoms with Gasteiger partial charge >= 0.3 is 0 Å². The van der Waals surface area contributed by atoms with Crippen LogP contribution in [0.15, 0.2) is 29.1 Å². The summed E-state index contributed by atoms with van der Waals surface area (Å²) in [5, 5.41) is 7.46. The number of hydrogen-bond acceptors (Lipinski definition) is 4. The number of nitrogens with one attached hydrogen (secondary N) is 1. The zero-order valence-electron chi connectivity index (χ0n) is 16.3. The zero-order valence-corrected chi connectivity index (χ0v) is 16.3. The van der Waals surface area contributed by atoms with E-state index in [0.717, 1.165) is 32.1 Å². The topological polar surface area (TPSA) is 99.7 Å². The molecule has 8 heteroatoms. The van der Waals surface area contributed by atoms with Crippen LogP contribution in [0.2, 0.25) is 0 Å². The molecule has 7 nitrogen and oxygen atoms in total. The van der Waals surface area contributed by atoms with Gasteiger partial charge in [-0.2, -0.15) is 0 Å². The van der Waals surface area contributed by atoms with Gasteiger partial charge in [-0.05, 0) is 43.9 Å². The molecule has 2 aromatic rings. The number of halogens is 1. The molecule has 4 rings (SSSR count). The van der Waals surface area contributed by atoms with Crippen LogP contribution in [-0.4, -0.2) is 53.7 Å². The minimum atomic E-state index is -0.441. The predicted octanol–water partition coefficient (Wildman–Crippen LogP) is 2.79. The lowest BCUT2D eigenvalue weighted by molar-refractivity contribution is -0.122. The van der Waals surface area contributed by atoms with E-state index >= 15 is 0 Å². The zero-order chi connectivity index (χ0) is 21.0. The highest BCUT2D eigenvalue weighted by Crippen LogP contribution is 2.46.